The third-order valence-electron chi connectivity index (χ3n) is 6.89. The van der Waals surface area contributed by atoms with E-state index in [0.29, 0.717) is 46.1 Å². The number of hydrogen-bond donors (Lipinski definition) is 6. The molecule has 0 saturated heterocycles. The number of amides is 7. The fourth-order valence-electron chi connectivity index (χ4n) is 4.25. The maximum absolute atomic E-state index is 11.7. The highest BCUT2D eigenvalue weighted by Crippen LogP contribution is 2.10. The van der Waals surface area contributed by atoms with Crippen LogP contribution in [0.3, 0.4) is 0 Å². The summed E-state index contributed by atoms with van der Waals surface area (Å²) >= 11 is 13.5. The van der Waals surface area contributed by atoms with Crippen molar-refractivity contribution in [3.63, 3.8) is 0 Å². The van der Waals surface area contributed by atoms with Gasteiger partial charge in [0, 0.05) is 84.1 Å². The molecule has 0 aliphatic carbocycles. The molecule has 2 heterocycles. The number of unbranched alkanes of at least 4 members (excludes halogenated alkanes) is 2. The minimum absolute atomic E-state index is 0. The van der Waals surface area contributed by atoms with E-state index in [1.54, 1.807) is 7.05 Å². The van der Waals surface area contributed by atoms with Crippen molar-refractivity contribution in [2.75, 3.05) is 39.9 Å². The van der Waals surface area contributed by atoms with E-state index in [1.807, 2.05) is 0 Å². The molecule has 8 N–H and O–H groups in total. The van der Waals surface area contributed by atoms with E-state index in [1.165, 1.54) is 24.3 Å². The van der Waals surface area contributed by atoms with Crippen LogP contribution in [-0.4, -0.2) is 109 Å². The van der Waals surface area contributed by atoms with Crippen molar-refractivity contribution in [2.45, 2.75) is 93.2 Å². The third-order valence-corrected chi connectivity index (χ3v) is 10.6. The fraction of sp³-hybridized carbons (Fsp3) is 0.625. The predicted octanol–water partition coefficient (Wildman–Crippen LogP) is 2.32. The van der Waals surface area contributed by atoms with Crippen LogP contribution in [0.1, 0.15) is 81.1 Å². The molecule has 16 nitrogen and oxygen atoms in total. The van der Waals surface area contributed by atoms with Gasteiger partial charge < -0.3 is 27.4 Å². The molecule has 54 heavy (non-hydrogen) atoms. The number of primary amides is 1. The van der Waals surface area contributed by atoms with Crippen molar-refractivity contribution in [1.82, 2.24) is 31.1 Å². The van der Waals surface area contributed by atoms with E-state index < -0.39 is 23.8 Å². The smallest absolute Gasteiger partial charge is 0.253 e. The molecule has 0 radical (unpaired) electrons. The van der Waals surface area contributed by atoms with Gasteiger partial charge >= 0.3 is 0 Å². The molecule has 308 valence electrons. The maximum atomic E-state index is 11.7. The SMILES string of the molecule is C.C.C.C.CN[C@@H](CCCCNC(=O)CCN1C(=O)C=CC1=O)C(=O)P=S.NCN[C@@H](CCCCNC(=O)CCN1C(=O)C=CC1=O)C(N)=O.S=PP=S. The summed E-state index contributed by atoms with van der Waals surface area (Å²) in [5.41, 5.74) is 10.5. The second-order valence-electron chi connectivity index (χ2n) is 10.3. The van der Waals surface area contributed by atoms with Crippen LogP contribution in [-0.2, 0) is 73.8 Å². The highest BCUT2D eigenvalue weighted by Gasteiger charge is 2.24. The van der Waals surface area contributed by atoms with Crippen molar-refractivity contribution in [3.05, 3.63) is 24.3 Å². The monoisotopic (exact) mass is 872 g/mol. The number of rotatable bonds is 23. The van der Waals surface area contributed by atoms with Crippen molar-refractivity contribution in [1.29, 1.82) is 0 Å². The molecule has 0 aromatic heterocycles. The Labute approximate surface area is 340 Å². The number of likely N-dealkylation sites (N-methyl/N-ethyl adjacent to an activating group) is 1. The minimum Gasteiger partial charge on any atom is -0.368 e. The van der Waals surface area contributed by atoms with Crippen LogP contribution in [0, 0.1) is 0 Å². The van der Waals surface area contributed by atoms with Gasteiger partial charge in [0.25, 0.3) is 23.6 Å². The van der Waals surface area contributed by atoms with Crippen molar-refractivity contribution in [3.8, 4) is 0 Å². The normalized spacial score (nSPS) is 13.6. The lowest BCUT2D eigenvalue weighted by Gasteiger charge is -2.14. The molecule has 0 saturated carbocycles. The van der Waals surface area contributed by atoms with Crippen LogP contribution in [0.5, 0.6) is 0 Å². The lowest BCUT2D eigenvalue weighted by molar-refractivity contribution is -0.139. The van der Waals surface area contributed by atoms with Gasteiger partial charge in [-0.3, -0.25) is 53.5 Å². The van der Waals surface area contributed by atoms with E-state index in [4.69, 9.17) is 23.3 Å². The molecule has 0 aromatic rings. The second-order valence-corrected chi connectivity index (χ2v) is 15.7. The molecule has 22 heteroatoms. The molecule has 0 unspecified atom stereocenters. The van der Waals surface area contributed by atoms with Gasteiger partial charge in [-0.05, 0) is 81.0 Å². The topological polar surface area (TPSA) is 243 Å². The number of hydrogen-bond acceptors (Lipinski definition) is 14. The summed E-state index contributed by atoms with van der Waals surface area (Å²) in [7, 11) is 3.79. The zero-order valence-electron chi connectivity index (χ0n) is 27.5. The van der Waals surface area contributed by atoms with Gasteiger partial charge in [0.2, 0.25) is 23.2 Å². The van der Waals surface area contributed by atoms with Crippen LogP contribution in [0.25, 0.3) is 0 Å². The Morgan fingerprint density at radius 3 is 1.35 bits per heavy atom. The van der Waals surface area contributed by atoms with Gasteiger partial charge in [0.05, 0.1) is 19.4 Å². The summed E-state index contributed by atoms with van der Waals surface area (Å²) in [4.78, 5) is 93.2. The largest absolute Gasteiger partial charge is 0.368 e. The Morgan fingerprint density at radius 2 is 1.06 bits per heavy atom. The first-order valence-electron chi connectivity index (χ1n) is 15.4. The molecule has 0 fully saturated rings. The lowest BCUT2D eigenvalue weighted by Crippen LogP contribution is -2.43. The number of carbonyl (C=O) groups excluding carboxylic acids is 8. The Kier molecular flexibility index (Phi) is 41.7. The molecule has 2 rings (SSSR count). The van der Waals surface area contributed by atoms with Crippen LogP contribution < -0.4 is 32.7 Å². The zero-order valence-corrected chi connectivity index (χ0v) is 32.7. The summed E-state index contributed by atoms with van der Waals surface area (Å²) in [6, 6.07) is -0.694. The Morgan fingerprint density at radius 1 is 0.685 bits per heavy atom. The summed E-state index contributed by atoms with van der Waals surface area (Å²) < 4.78 is 0. The van der Waals surface area contributed by atoms with Crippen LogP contribution in [0.2, 0.25) is 0 Å². The minimum atomic E-state index is -0.463. The van der Waals surface area contributed by atoms with E-state index in [-0.39, 0.29) is 97.5 Å². The average molecular weight is 873 g/mol. The molecular formula is C32H59N8O8P3S3. The van der Waals surface area contributed by atoms with Crippen molar-refractivity contribution in [2.24, 2.45) is 11.5 Å². The third kappa shape index (κ3) is 27.0. The highest BCUT2D eigenvalue weighted by atomic mass is 32.7. The highest BCUT2D eigenvalue weighted by molar-refractivity contribution is 8.40. The molecule has 0 aromatic carbocycles. The Hall–Kier alpha value is -2.72. The first kappa shape index (κ1) is 60.5. The van der Waals surface area contributed by atoms with Crippen LogP contribution in [0.4, 0.5) is 0 Å². The van der Waals surface area contributed by atoms with Gasteiger partial charge in [-0.2, -0.15) is 0 Å². The first-order valence-corrected chi connectivity index (χ1v) is 21.8. The van der Waals surface area contributed by atoms with E-state index in [2.05, 4.69) is 44.9 Å². The summed E-state index contributed by atoms with van der Waals surface area (Å²) in [6.07, 6.45) is 9.06. The van der Waals surface area contributed by atoms with Crippen LogP contribution >= 0.6 is 21.4 Å². The molecule has 2 atom stereocenters. The lowest BCUT2D eigenvalue weighted by atomic mass is 10.1. The van der Waals surface area contributed by atoms with Gasteiger partial charge in [0.1, 0.15) is 0 Å². The number of nitrogens with zero attached hydrogens (tertiary/aromatic N) is 2. The molecular weight excluding hydrogens is 814 g/mol. The Balaban J connectivity index is -0.000000252. The number of imide groups is 2. The maximum Gasteiger partial charge on any atom is 0.253 e. The van der Waals surface area contributed by atoms with Gasteiger partial charge in [-0.1, -0.05) is 29.7 Å². The van der Waals surface area contributed by atoms with E-state index in [0.717, 1.165) is 36.7 Å². The van der Waals surface area contributed by atoms with E-state index >= 15 is 0 Å². The van der Waals surface area contributed by atoms with Crippen LogP contribution in [0.15, 0.2) is 24.3 Å². The fourth-order valence-corrected chi connectivity index (χ4v) is 5.02. The second kappa shape index (κ2) is 37.2. The average Bonchev–Trinajstić information content (AvgIpc) is 3.60. The summed E-state index contributed by atoms with van der Waals surface area (Å²) in [6.45, 7) is 1.28. The van der Waals surface area contributed by atoms with Crippen molar-refractivity contribution < 1.29 is 38.4 Å². The number of nitrogens with two attached hydrogens (primary N) is 2. The first-order chi connectivity index (χ1) is 23.9. The standard InChI is InChI=1S/C14H23N5O4.C14H20N3O4PS.4CH4.P2S2/c15-9-18-10(14(16)23)3-1-2-7-17-11(20)6-8-19-12(21)4-5-13(19)22;1-15-10(14(21)22-23)4-2-3-8-16-11(18)7-9-17-12(19)5-6-13(17)20;;;;;3-1-2-4/h4-5,10,18H,1-3,6-9,15H2,(H2,16,23)(H,17,20);5-6,10,15H,2-4,7-9H2,1H3,(H,16,18);4*1H4;/t2*10-;;;;;/m00...../s1. The molecule has 2 aliphatic heterocycles. The molecule has 0 spiro atoms. The Bertz CT molecular complexity index is 1270. The number of nitrogens with one attached hydrogen (secondary N) is 4. The van der Waals surface area contributed by atoms with E-state index in [9.17, 15) is 38.4 Å². The molecule has 7 amide bonds. The predicted molar refractivity (Wildman–Crippen MR) is 227 cm³/mol. The van der Waals surface area contributed by atoms with Crippen molar-refractivity contribution >= 4 is 104 Å². The summed E-state index contributed by atoms with van der Waals surface area (Å²) in [5.74, 6) is -2.45. The quantitative estimate of drug-likeness (QED) is 0.0374. The van der Waals surface area contributed by atoms with Gasteiger partial charge in [-0.15, -0.1) is 0 Å². The zero-order chi connectivity index (χ0) is 37.9. The number of carbonyl (C=O) groups is 8. The van der Waals surface area contributed by atoms with Gasteiger partial charge in [-0.25, -0.2) is 0 Å². The molecule has 0 bridgehead atoms. The molecule has 2 aliphatic rings. The summed E-state index contributed by atoms with van der Waals surface area (Å²) in [5, 5.41) is 11.1. The van der Waals surface area contributed by atoms with Gasteiger partial charge in [0.15, 0.2) is 0 Å².